The molecule has 0 radical (unpaired) electrons. The first-order valence-corrected chi connectivity index (χ1v) is 9.46. The van der Waals surface area contributed by atoms with Gasteiger partial charge in [0.1, 0.15) is 12.4 Å². The van der Waals surface area contributed by atoms with Crippen LogP contribution in [0.1, 0.15) is 5.56 Å². The number of halogens is 2. The normalized spacial score (nSPS) is 10.9. The third kappa shape index (κ3) is 4.04. The second kappa shape index (κ2) is 8.04. The Balaban J connectivity index is 1.83. The number of hydrogen-bond acceptors (Lipinski definition) is 6. The minimum atomic E-state index is -0.872. The van der Waals surface area contributed by atoms with Crippen molar-refractivity contribution in [3.05, 3.63) is 80.0 Å². The maximum atomic E-state index is 13.3. The standard InChI is InChI=1S/C20H15ClFN7O2/c1-27-11-13-8-17(15(21)9-16(13)26-27)24-18-25-19(30)28(7-6-23)20(31)29(18)10-12-2-4-14(22)5-3-12/h2-5,8-9,11H,7,10H2,1H3,(H,24,25,30). The molecule has 0 aliphatic rings. The lowest BCUT2D eigenvalue weighted by atomic mass is 10.2. The van der Waals surface area contributed by atoms with Gasteiger partial charge in [0.05, 0.1) is 28.8 Å². The summed E-state index contributed by atoms with van der Waals surface area (Å²) in [6.45, 7) is -0.455. The fraction of sp³-hybridized carbons (Fsp3) is 0.150. The number of fused-ring (bicyclic) bond motifs is 1. The minimum absolute atomic E-state index is 0.00703. The molecule has 0 saturated carbocycles. The SMILES string of the molecule is Cn1cc2cc(Nc3nc(=O)n(CC#N)c(=O)n3Cc3ccc(F)cc3)c(Cl)cc2n1. The Morgan fingerprint density at radius 2 is 1.94 bits per heavy atom. The molecule has 0 fully saturated rings. The van der Waals surface area contributed by atoms with Gasteiger partial charge in [0.15, 0.2) is 0 Å². The zero-order chi connectivity index (χ0) is 22.1. The van der Waals surface area contributed by atoms with Crippen LogP contribution in [0.25, 0.3) is 10.9 Å². The average molecular weight is 440 g/mol. The van der Waals surface area contributed by atoms with Gasteiger partial charge in [-0.2, -0.15) is 15.3 Å². The molecule has 0 atom stereocenters. The molecule has 2 heterocycles. The van der Waals surface area contributed by atoms with Crippen LogP contribution in [0.3, 0.4) is 0 Å². The molecule has 9 nitrogen and oxygen atoms in total. The van der Waals surface area contributed by atoms with Crippen LogP contribution in [-0.4, -0.2) is 23.9 Å². The summed E-state index contributed by atoms with van der Waals surface area (Å²) in [6.07, 6.45) is 1.79. The maximum Gasteiger partial charge on any atom is 0.355 e. The van der Waals surface area contributed by atoms with E-state index in [2.05, 4.69) is 15.4 Å². The van der Waals surface area contributed by atoms with Crippen molar-refractivity contribution in [2.75, 3.05) is 5.32 Å². The second-order valence-electron chi connectivity index (χ2n) is 6.78. The lowest BCUT2D eigenvalue weighted by Gasteiger charge is -2.15. The smallest absolute Gasteiger partial charge is 0.324 e. The molecule has 0 amide bonds. The van der Waals surface area contributed by atoms with Gasteiger partial charge in [-0.25, -0.2) is 18.5 Å². The summed E-state index contributed by atoms with van der Waals surface area (Å²) in [5.74, 6) is -0.475. The molecule has 1 N–H and O–H groups in total. The molecule has 156 valence electrons. The number of nitrogens with zero attached hydrogens (tertiary/aromatic N) is 6. The number of nitrogens with one attached hydrogen (secondary N) is 1. The summed E-state index contributed by atoms with van der Waals surface area (Å²) < 4.78 is 16.8. The van der Waals surface area contributed by atoms with Gasteiger partial charge in [-0.3, -0.25) is 9.25 Å². The first kappa shape index (κ1) is 20.3. The Hall–Kier alpha value is -3.97. The Morgan fingerprint density at radius 3 is 2.65 bits per heavy atom. The number of benzene rings is 2. The maximum absolute atomic E-state index is 13.3. The fourth-order valence-electron chi connectivity index (χ4n) is 3.13. The highest BCUT2D eigenvalue weighted by Crippen LogP contribution is 2.29. The largest absolute Gasteiger partial charge is 0.355 e. The summed E-state index contributed by atoms with van der Waals surface area (Å²) >= 11 is 6.36. The van der Waals surface area contributed by atoms with Crippen molar-refractivity contribution in [3.8, 4) is 6.07 Å². The molecule has 4 aromatic rings. The van der Waals surface area contributed by atoms with Gasteiger partial charge in [0.2, 0.25) is 5.95 Å². The average Bonchev–Trinajstić information content (AvgIpc) is 3.08. The number of nitriles is 1. The Bertz CT molecular complexity index is 1450. The van der Waals surface area contributed by atoms with E-state index < -0.39 is 23.7 Å². The van der Waals surface area contributed by atoms with Gasteiger partial charge in [-0.15, -0.1) is 0 Å². The highest BCUT2D eigenvalue weighted by molar-refractivity contribution is 6.34. The van der Waals surface area contributed by atoms with Crippen molar-refractivity contribution < 1.29 is 4.39 Å². The van der Waals surface area contributed by atoms with Crippen LogP contribution in [0.5, 0.6) is 0 Å². The molecule has 0 saturated heterocycles. The van der Waals surface area contributed by atoms with E-state index in [1.165, 1.54) is 28.8 Å². The van der Waals surface area contributed by atoms with Gasteiger partial charge in [0, 0.05) is 18.6 Å². The summed E-state index contributed by atoms with van der Waals surface area (Å²) in [5, 5.41) is 17.3. The predicted octanol–water partition coefficient (Wildman–Crippen LogP) is 2.40. The summed E-state index contributed by atoms with van der Waals surface area (Å²) in [7, 11) is 1.78. The van der Waals surface area contributed by atoms with Crippen molar-refractivity contribution in [2.24, 2.45) is 7.05 Å². The molecule has 2 aromatic carbocycles. The molecule has 4 rings (SSSR count). The van der Waals surface area contributed by atoms with E-state index in [1.54, 1.807) is 36.1 Å². The summed E-state index contributed by atoms with van der Waals surface area (Å²) in [4.78, 5) is 29.2. The van der Waals surface area contributed by atoms with Crippen LogP contribution in [0.2, 0.25) is 5.02 Å². The Labute approximate surface area is 179 Å². The Kier molecular flexibility index (Phi) is 5.27. The highest BCUT2D eigenvalue weighted by atomic mass is 35.5. The van der Waals surface area contributed by atoms with E-state index in [1.807, 2.05) is 0 Å². The van der Waals surface area contributed by atoms with Crippen molar-refractivity contribution >= 4 is 34.1 Å². The molecule has 31 heavy (non-hydrogen) atoms. The van der Waals surface area contributed by atoms with E-state index in [-0.39, 0.29) is 12.5 Å². The third-order valence-electron chi connectivity index (χ3n) is 4.59. The quantitative estimate of drug-likeness (QED) is 0.511. The number of rotatable bonds is 5. The first-order valence-electron chi connectivity index (χ1n) is 9.08. The summed E-state index contributed by atoms with van der Waals surface area (Å²) in [6, 6.07) is 10.7. The molecule has 0 aliphatic carbocycles. The number of anilines is 2. The zero-order valence-corrected chi connectivity index (χ0v) is 17.0. The molecule has 0 aliphatic heterocycles. The molecule has 11 heteroatoms. The third-order valence-corrected chi connectivity index (χ3v) is 4.90. The van der Waals surface area contributed by atoms with Crippen molar-refractivity contribution in [3.63, 3.8) is 0 Å². The van der Waals surface area contributed by atoms with E-state index in [0.29, 0.717) is 21.8 Å². The number of hydrogen-bond donors (Lipinski definition) is 1. The van der Waals surface area contributed by atoms with Crippen LogP contribution in [0.4, 0.5) is 16.0 Å². The van der Waals surface area contributed by atoms with Crippen LogP contribution in [0, 0.1) is 17.1 Å². The molecule has 0 unspecified atom stereocenters. The summed E-state index contributed by atoms with van der Waals surface area (Å²) in [5.41, 5.74) is 0.0951. The highest BCUT2D eigenvalue weighted by Gasteiger charge is 2.16. The first-order chi connectivity index (χ1) is 14.9. The van der Waals surface area contributed by atoms with Gasteiger partial charge in [-0.1, -0.05) is 23.7 Å². The van der Waals surface area contributed by atoms with Gasteiger partial charge < -0.3 is 5.32 Å². The van der Waals surface area contributed by atoms with Gasteiger partial charge in [0.25, 0.3) is 0 Å². The van der Waals surface area contributed by atoms with E-state index in [4.69, 9.17) is 16.9 Å². The van der Waals surface area contributed by atoms with Gasteiger partial charge >= 0.3 is 11.4 Å². The lowest BCUT2D eigenvalue weighted by Crippen LogP contribution is -2.42. The topological polar surface area (TPSA) is 111 Å². The molecule has 2 aromatic heterocycles. The van der Waals surface area contributed by atoms with Crippen LogP contribution < -0.4 is 16.7 Å². The van der Waals surface area contributed by atoms with E-state index >= 15 is 0 Å². The molecular formula is C20H15ClFN7O2. The van der Waals surface area contributed by atoms with Crippen molar-refractivity contribution in [2.45, 2.75) is 13.1 Å². The monoisotopic (exact) mass is 439 g/mol. The van der Waals surface area contributed by atoms with Crippen LogP contribution in [0.15, 0.2) is 52.2 Å². The van der Waals surface area contributed by atoms with Crippen LogP contribution in [-0.2, 0) is 20.1 Å². The van der Waals surface area contributed by atoms with Crippen molar-refractivity contribution in [1.29, 1.82) is 5.26 Å². The number of aryl methyl sites for hydroxylation is 1. The van der Waals surface area contributed by atoms with E-state index in [0.717, 1.165) is 9.95 Å². The van der Waals surface area contributed by atoms with Crippen LogP contribution >= 0.6 is 11.6 Å². The minimum Gasteiger partial charge on any atom is -0.324 e. The molecule has 0 spiro atoms. The van der Waals surface area contributed by atoms with E-state index in [9.17, 15) is 14.0 Å². The second-order valence-corrected chi connectivity index (χ2v) is 7.18. The Morgan fingerprint density at radius 1 is 1.19 bits per heavy atom. The molecule has 0 bridgehead atoms. The van der Waals surface area contributed by atoms with Crippen molar-refractivity contribution in [1.82, 2.24) is 23.9 Å². The number of aromatic nitrogens is 5. The molecular weight excluding hydrogens is 425 g/mol. The van der Waals surface area contributed by atoms with Gasteiger partial charge in [-0.05, 0) is 29.8 Å². The fourth-order valence-corrected chi connectivity index (χ4v) is 3.34. The predicted molar refractivity (Wildman–Crippen MR) is 113 cm³/mol. The zero-order valence-electron chi connectivity index (χ0n) is 16.2. The lowest BCUT2D eigenvalue weighted by molar-refractivity contribution is 0.596.